The Balaban J connectivity index is 3.29. The first kappa shape index (κ1) is 78.6. The van der Waals surface area contributed by atoms with Gasteiger partial charge >= 0.3 is 5.97 Å². The molecule has 0 aliphatic carbocycles. The van der Waals surface area contributed by atoms with E-state index in [0.717, 1.165) is 44.9 Å². The first-order valence-electron chi connectivity index (χ1n) is 36.9. The van der Waals surface area contributed by atoms with Gasteiger partial charge in [0.25, 0.3) is 0 Å². The van der Waals surface area contributed by atoms with E-state index in [4.69, 9.17) is 4.74 Å². The molecular weight excluding hydrogens is 983 g/mol. The second-order valence-corrected chi connectivity index (χ2v) is 25.6. The van der Waals surface area contributed by atoms with E-state index in [1.54, 1.807) is 0 Å². The Bertz CT molecular complexity index is 1210. The molecule has 476 valence electrons. The molecule has 0 aromatic carbocycles. The van der Waals surface area contributed by atoms with Crippen LogP contribution in [0.4, 0.5) is 0 Å². The fraction of sp³-hybridized carbons (Fsp3) is 0.946. The number of aliphatic hydroxyl groups excluding tert-OH is 2. The zero-order valence-corrected chi connectivity index (χ0v) is 54.6. The van der Waals surface area contributed by atoms with Crippen molar-refractivity contribution in [2.45, 2.75) is 437 Å². The van der Waals surface area contributed by atoms with Crippen molar-refractivity contribution in [3.8, 4) is 0 Å². The second-order valence-electron chi connectivity index (χ2n) is 25.6. The zero-order valence-electron chi connectivity index (χ0n) is 54.6. The normalized spacial score (nSPS) is 12.5. The van der Waals surface area contributed by atoms with Gasteiger partial charge in [-0.2, -0.15) is 0 Å². The fourth-order valence-electron chi connectivity index (χ4n) is 11.9. The third-order valence-corrected chi connectivity index (χ3v) is 17.6. The minimum absolute atomic E-state index is 0.0141. The van der Waals surface area contributed by atoms with Crippen LogP contribution in [0.2, 0.25) is 0 Å². The highest BCUT2D eigenvalue weighted by atomic mass is 16.5. The molecule has 0 fully saturated rings. The number of carbonyl (C=O) groups excluding carboxylic acids is 2. The van der Waals surface area contributed by atoms with Gasteiger partial charge < -0.3 is 20.3 Å². The molecule has 0 aromatic heterocycles. The second kappa shape index (κ2) is 70.1. The Hall–Kier alpha value is -1.40. The van der Waals surface area contributed by atoms with Gasteiger partial charge in [-0.3, -0.25) is 9.59 Å². The minimum Gasteiger partial charge on any atom is -0.466 e. The SMILES string of the molecule is CCCCCC/C=C\CCCCCCCC(=O)OCCCCCCCCCCCCCCCCCCCCCCCCCCCCCCCCCCCCCC(=O)NC(CO)C(O)CCCCCCCCCCCCCCCCC. The van der Waals surface area contributed by atoms with E-state index in [1.807, 2.05) is 0 Å². The average molecular weight is 1130 g/mol. The molecule has 0 radical (unpaired) electrons. The van der Waals surface area contributed by atoms with E-state index in [1.165, 1.54) is 347 Å². The van der Waals surface area contributed by atoms with E-state index in [0.29, 0.717) is 25.9 Å². The standard InChI is InChI=1S/C74H145NO5/c1-3-5-7-9-11-13-15-17-39-43-46-50-54-58-62-66-72(77)71(70-76)75-73(78)67-63-59-55-51-47-44-40-37-35-33-31-29-27-25-23-21-19-18-20-22-24-26-28-30-32-34-36-38-41-45-49-53-57-61-65-69-80-74(79)68-64-60-56-52-48-42-16-14-12-10-8-6-4-2/h14,16,71-72,76-77H,3-13,15,17-70H2,1-2H3,(H,75,78)/b16-14-. The number of allylic oxidation sites excluding steroid dienone is 2. The van der Waals surface area contributed by atoms with Crippen LogP contribution >= 0.6 is 0 Å². The first-order chi connectivity index (χ1) is 39.5. The predicted octanol–water partition coefficient (Wildman–Crippen LogP) is 23.9. The van der Waals surface area contributed by atoms with Gasteiger partial charge in [0.2, 0.25) is 5.91 Å². The van der Waals surface area contributed by atoms with E-state index in [-0.39, 0.29) is 18.5 Å². The number of aliphatic hydroxyl groups is 2. The molecule has 6 nitrogen and oxygen atoms in total. The highest BCUT2D eigenvalue weighted by Gasteiger charge is 2.20. The first-order valence-corrected chi connectivity index (χ1v) is 36.9. The van der Waals surface area contributed by atoms with Gasteiger partial charge in [0.05, 0.1) is 25.4 Å². The Morgan fingerprint density at radius 2 is 0.588 bits per heavy atom. The highest BCUT2D eigenvalue weighted by Crippen LogP contribution is 2.20. The van der Waals surface area contributed by atoms with Gasteiger partial charge in [-0.05, 0) is 51.4 Å². The van der Waals surface area contributed by atoms with Gasteiger partial charge in [-0.25, -0.2) is 0 Å². The minimum atomic E-state index is -0.659. The molecule has 0 saturated carbocycles. The lowest BCUT2D eigenvalue weighted by atomic mass is 10.0. The molecule has 2 atom stereocenters. The zero-order chi connectivity index (χ0) is 57.8. The summed E-state index contributed by atoms with van der Waals surface area (Å²) in [6, 6.07) is -0.536. The van der Waals surface area contributed by atoms with Crippen molar-refractivity contribution >= 4 is 11.9 Å². The molecule has 0 saturated heterocycles. The molecule has 1 amide bonds. The van der Waals surface area contributed by atoms with Crippen molar-refractivity contribution in [1.82, 2.24) is 5.32 Å². The van der Waals surface area contributed by atoms with Crippen molar-refractivity contribution in [2.24, 2.45) is 0 Å². The topological polar surface area (TPSA) is 95.9 Å². The maximum atomic E-state index is 12.5. The largest absolute Gasteiger partial charge is 0.466 e. The van der Waals surface area contributed by atoms with Gasteiger partial charge in [0.15, 0.2) is 0 Å². The van der Waals surface area contributed by atoms with Gasteiger partial charge in [0, 0.05) is 12.8 Å². The Kier molecular flexibility index (Phi) is 68.9. The summed E-state index contributed by atoms with van der Waals surface area (Å²) >= 11 is 0. The number of ether oxygens (including phenoxy) is 1. The number of rotatable bonds is 70. The molecule has 2 unspecified atom stereocenters. The van der Waals surface area contributed by atoms with Crippen LogP contribution in [0.1, 0.15) is 425 Å². The summed E-state index contributed by atoms with van der Waals surface area (Å²) in [7, 11) is 0. The Labute approximate surface area is 501 Å². The molecule has 6 heteroatoms. The van der Waals surface area contributed by atoms with Gasteiger partial charge in [-0.15, -0.1) is 0 Å². The number of hydrogen-bond acceptors (Lipinski definition) is 5. The summed E-state index contributed by atoms with van der Waals surface area (Å²) in [5.74, 6) is -0.0120. The van der Waals surface area contributed by atoms with Crippen LogP contribution in [-0.4, -0.2) is 47.4 Å². The van der Waals surface area contributed by atoms with Gasteiger partial charge in [0.1, 0.15) is 0 Å². The predicted molar refractivity (Wildman–Crippen MR) is 352 cm³/mol. The van der Waals surface area contributed by atoms with Crippen LogP contribution in [-0.2, 0) is 14.3 Å². The molecule has 3 N–H and O–H groups in total. The third kappa shape index (κ3) is 65.7. The summed E-state index contributed by atoms with van der Waals surface area (Å²) in [6.45, 7) is 4.98. The summed E-state index contributed by atoms with van der Waals surface area (Å²) in [5.41, 5.74) is 0. The van der Waals surface area contributed by atoms with Crippen LogP contribution in [0.15, 0.2) is 12.2 Å². The smallest absolute Gasteiger partial charge is 0.305 e. The highest BCUT2D eigenvalue weighted by molar-refractivity contribution is 5.76. The summed E-state index contributed by atoms with van der Waals surface area (Å²) in [6.07, 6.45) is 87.2. The lowest BCUT2D eigenvalue weighted by molar-refractivity contribution is -0.143. The Morgan fingerprint density at radius 3 is 0.900 bits per heavy atom. The molecule has 0 spiro atoms. The number of hydrogen-bond donors (Lipinski definition) is 3. The van der Waals surface area contributed by atoms with Crippen molar-refractivity contribution in [3.63, 3.8) is 0 Å². The van der Waals surface area contributed by atoms with E-state index < -0.39 is 12.1 Å². The number of carbonyl (C=O) groups is 2. The van der Waals surface area contributed by atoms with E-state index in [2.05, 4.69) is 31.3 Å². The van der Waals surface area contributed by atoms with Crippen molar-refractivity contribution in [1.29, 1.82) is 0 Å². The molecule has 0 aliphatic rings. The van der Waals surface area contributed by atoms with Gasteiger partial charge in [-0.1, -0.05) is 373 Å². The number of unbranched alkanes of at least 4 members (excludes halogenated alkanes) is 57. The average Bonchev–Trinajstić information content (AvgIpc) is 3.46. The maximum Gasteiger partial charge on any atom is 0.305 e. The fourth-order valence-corrected chi connectivity index (χ4v) is 11.9. The number of nitrogens with one attached hydrogen (secondary N) is 1. The monoisotopic (exact) mass is 1130 g/mol. The summed E-state index contributed by atoms with van der Waals surface area (Å²) in [4.78, 5) is 24.6. The van der Waals surface area contributed by atoms with Crippen LogP contribution in [0.3, 0.4) is 0 Å². The lowest BCUT2D eigenvalue weighted by Crippen LogP contribution is -2.45. The molecule has 0 aliphatic heterocycles. The summed E-state index contributed by atoms with van der Waals surface area (Å²) in [5, 5.41) is 23.3. The summed E-state index contributed by atoms with van der Waals surface area (Å²) < 4.78 is 5.49. The molecule has 0 rings (SSSR count). The third-order valence-electron chi connectivity index (χ3n) is 17.6. The lowest BCUT2D eigenvalue weighted by Gasteiger charge is -2.22. The molecule has 80 heavy (non-hydrogen) atoms. The number of esters is 1. The molecule has 0 bridgehead atoms. The molecule has 0 heterocycles. The quantitative estimate of drug-likeness (QED) is 0.0320. The van der Waals surface area contributed by atoms with E-state index in [9.17, 15) is 19.8 Å². The molecule has 0 aromatic rings. The van der Waals surface area contributed by atoms with Crippen LogP contribution < -0.4 is 5.32 Å². The van der Waals surface area contributed by atoms with Crippen LogP contribution in [0.25, 0.3) is 0 Å². The van der Waals surface area contributed by atoms with Crippen LogP contribution in [0.5, 0.6) is 0 Å². The van der Waals surface area contributed by atoms with Crippen molar-refractivity contribution in [2.75, 3.05) is 13.2 Å². The van der Waals surface area contributed by atoms with Crippen molar-refractivity contribution in [3.05, 3.63) is 12.2 Å². The maximum absolute atomic E-state index is 12.5. The van der Waals surface area contributed by atoms with Crippen LogP contribution in [0, 0.1) is 0 Å². The molecular formula is C74H145NO5. The number of amides is 1. The van der Waals surface area contributed by atoms with Crippen molar-refractivity contribution < 1.29 is 24.5 Å². The Morgan fingerprint density at radius 1 is 0.338 bits per heavy atom. The van der Waals surface area contributed by atoms with E-state index >= 15 is 0 Å².